The van der Waals surface area contributed by atoms with Crippen LogP contribution in [0.15, 0.2) is 158 Å². The molecule has 0 fully saturated rings. The van der Waals surface area contributed by atoms with Gasteiger partial charge in [-0.25, -0.2) is 0 Å². The van der Waals surface area contributed by atoms with E-state index in [0.717, 1.165) is 33.9 Å². The van der Waals surface area contributed by atoms with Crippen molar-refractivity contribution < 1.29 is 0 Å². The summed E-state index contributed by atoms with van der Waals surface area (Å²) in [6, 6.07) is 51.2. The molecule has 206 valence electrons. The molecule has 9 aromatic rings. The Morgan fingerprint density at radius 2 is 0.636 bits per heavy atom. The largest absolute Gasteiger partial charge is 0.308 e. The molecule has 4 nitrogen and oxygen atoms in total. The van der Waals surface area contributed by atoms with Crippen LogP contribution >= 0.6 is 0 Å². The predicted octanol–water partition coefficient (Wildman–Crippen LogP) is 10.0. The summed E-state index contributed by atoms with van der Waals surface area (Å²) >= 11 is 0. The van der Waals surface area contributed by atoms with E-state index >= 15 is 0 Å². The zero-order chi connectivity index (χ0) is 29.0. The number of nitrogens with zero attached hydrogens (tertiary/aromatic N) is 4. The molecule has 0 spiro atoms. The highest BCUT2D eigenvalue weighted by Crippen LogP contribution is 2.34. The Hall–Kier alpha value is -6.00. The van der Waals surface area contributed by atoms with Gasteiger partial charge < -0.3 is 9.13 Å². The average molecular weight is 563 g/mol. The molecule has 5 aromatic carbocycles. The highest BCUT2D eigenvalue weighted by atomic mass is 15.0. The lowest BCUT2D eigenvalue weighted by molar-refractivity contribution is 1.14. The van der Waals surface area contributed by atoms with E-state index in [2.05, 4.69) is 155 Å². The van der Waals surface area contributed by atoms with Crippen LogP contribution in [-0.4, -0.2) is 19.1 Å². The summed E-state index contributed by atoms with van der Waals surface area (Å²) in [5.41, 5.74) is 10.9. The van der Waals surface area contributed by atoms with Gasteiger partial charge in [0, 0.05) is 32.7 Å². The first kappa shape index (κ1) is 24.6. The maximum atomic E-state index is 4.87. The summed E-state index contributed by atoms with van der Waals surface area (Å²) in [6.45, 7) is 0. The van der Waals surface area contributed by atoms with Crippen LogP contribution in [0.5, 0.6) is 0 Å². The second-order valence-electron chi connectivity index (χ2n) is 11.1. The lowest BCUT2D eigenvalue weighted by atomic mass is 10.1. The van der Waals surface area contributed by atoms with Crippen molar-refractivity contribution in [2.75, 3.05) is 0 Å². The molecule has 4 heterocycles. The Bertz CT molecular complexity index is 2180. The van der Waals surface area contributed by atoms with E-state index < -0.39 is 0 Å². The van der Waals surface area contributed by atoms with Gasteiger partial charge >= 0.3 is 0 Å². The number of fused-ring (bicyclic) bond motifs is 6. The van der Waals surface area contributed by atoms with Crippen molar-refractivity contribution in [2.45, 2.75) is 0 Å². The second kappa shape index (κ2) is 9.79. The lowest BCUT2D eigenvalue weighted by Gasteiger charge is -2.10. The summed E-state index contributed by atoms with van der Waals surface area (Å²) in [4.78, 5) is 9.74. The van der Waals surface area contributed by atoms with Gasteiger partial charge in [0.25, 0.3) is 0 Å². The zero-order valence-corrected chi connectivity index (χ0v) is 23.8. The number of hydrogen-bond acceptors (Lipinski definition) is 2. The molecule has 0 saturated heterocycles. The second-order valence-corrected chi connectivity index (χ2v) is 11.1. The SMILES string of the molecule is c1ccc2c(c1)c1ccccc1n2-c1ccc(-c2ccc(-c3ccc(-n4c5ccccc5c5ccccc54)cn3)cc2)nc1. The minimum Gasteiger partial charge on any atom is -0.308 e. The number of para-hydroxylation sites is 4. The quantitative estimate of drug-likeness (QED) is 0.214. The zero-order valence-electron chi connectivity index (χ0n) is 23.8. The molecule has 0 unspecified atom stereocenters. The van der Waals surface area contributed by atoms with Gasteiger partial charge in [-0.1, -0.05) is 97.1 Å². The predicted molar refractivity (Wildman–Crippen MR) is 182 cm³/mol. The van der Waals surface area contributed by atoms with Gasteiger partial charge in [0.15, 0.2) is 0 Å². The topological polar surface area (TPSA) is 35.6 Å². The van der Waals surface area contributed by atoms with Crippen LogP contribution in [0.3, 0.4) is 0 Å². The van der Waals surface area contributed by atoms with Crippen LogP contribution in [-0.2, 0) is 0 Å². The Morgan fingerprint density at radius 1 is 0.318 bits per heavy atom. The fraction of sp³-hybridized carbons (Fsp3) is 0. The first-order chi connectivity index (χ1) is 21.8. The number of rotatable bonds is 4. The molecule has 0 aliphatic carbocycles. The molecule has 4 heteroatoms. The van der Waals surface area contributed by atoms with E-state index in [9.17, 15) is 0 Å². The van der Waals surface area contributed by atoms with Crippen molar-refractivity contribution >= 4 is 43.6 Å². The highest BCUT2D eigenvalue weighted by molar-refractivity contribution is 6.10. The Balaban J connectivity index is 1.02. The smallest absolute Gasteiger partial charge is 0.0703 e. The highest BCUT2D eigenvalue weighted by Gasteiger charge is 2.13. The van der Waals surface area contributed by atoms with Gasteiger partial charge in [-0.15, -0.1) is 0 Å². The van der Waals surface area contributed by atoms with Crippen LogP contribution in [0.2, 0.25) is 0 Å². The molecule has 0 aliphatic rings. The fourth-order valence-corrected chi connectivity index (χ4v) is 6.59. The summed E-state index contributed by atoms with van der Waals surface area (Å²) in [5.74, 6) is 0. The molecule has 0 amide bonds. The van der Waals surface area contributed by atoms with Crippen LogP contribution in [0, 0.1) is 0 Å². The monoisotopic (exact) mass is 562 g/mol. The summed E-state index contributed by atoms with van der Waals surface area (Å²) in [7, 11) is 0. The summed E-state index contributed by atoms with van der Waals surface area (Å²) in [6.07, 6.45) is 3.94. The Kier molecular flexibility index (Phi) is 5.47. The van der Waals surface area contributed by atoms with Gasteiger partial charge in [-0.05, 0) is 48.5 Å². The number of hydrogen-bond donors (Lipinski definition) is 0. The molecular formula is C40H26N4. The Labute approximate surface area is 254 Å². The van der Waals surface area contributed by atoms with Crippen LogP contribution < -0.4 is 0 Å². The number of pyridine rings is 2. The molecule has 0 atom stereocenters. The fourth-order valence-electron chi connectivity index (χ4n) is 6.59. The van der Waals surface area contributed by atoms with E-state index in [1.54, 1.807) is 0 Å². The molecule has 0 saturated carbocycles. The van der Waals surface area contributed by atoms with Crippen LogP contribution in [0.1, 0.15) is 0 Å². The average Bonchev–Trinajstić information content (AvgIpc) is 3.62. The lowest BCUT2D eigenvalue weighted by Crippen LogP contribution is -1.96. The Morgan fingerprint density at radius 3 is 0.932 bits per heavy atom. The molecular weight excluding hydrogens is 536 g/mol. The molecule has 9 rings (SSSR count). The van der Waals surface area contributed by atoms with Crippen molar-refractivity contribution in [3.8, 4) is 33.9 Å². The summed E-state index contributed by atoms with van der Waals surface area (Å²) < 4.78 is 4.58. The molecule has 0 aliphatic heterocycles. The number of aromatic nitrogens is 4. The third kappa shape index (κ3) is 3.78. The third-order valence-electron chi connectivity index (χ3n) is 8.65. The van der Waals surface area contributed by atoms with Gasteiger partial charge in [0.05, 0.1) is 57.2 Å². The molecule has 4 aromatic heterocycles. The summed E-state index contributed by atoms with van der Waals surface area (Å²) in [5, 5.41) is 5.00. The minimum absolute atomic E-state index is 0.940. The van der Waals surface area contributed by atoms with E-state index in [-0.39, 0.29) is 0 Å². The first-order valence-electron chi connectivity index (χ1n) is 14.8. The molecule has 0 N–H and O–H groups in total. The van der Waals surface area contributed by atoms with Crippen molar-refractivity contribution in [1.29, 1.82) is 0 Å². The molecule has 0 bridgehead atoms. The maximum absolute atomic E-state index is 4.87. The van der Waals surface area contributed by atoms with Crippen molar-refractivity contribution in [1.82, 2.24) is 19.1 Å². The third-order valence-corrected chi connectivity index (χ3v) is 8.65. The molecule has 0 radical (unpaired) electrons. The van der Waals surface area contributed by atoms with Gasteiger partial charge in [0.2, 0.25) is 0 Å². The van der Waals surface area contributed by atoms with Crippen LogP contribution in [0.25, 0.3) is 77.5 Å². The molecule has 44 heavy (non-hydrogen) atoms. The van der Waals surface area contributed by atoms with Crippen LogP contribution in [0.4, 0.5) is 0 Å². The van der Waals surface area contributed by atoms with Gasteiger partial charge in [0.1, 0.15) is 0 Å². The van der Waals surface area contributed by atoms with Gasteiger partial charge in [-0.2, -0.15) is 0 Å². The minimum atomic E-state index is 0.940. The maximum Gasteiger partial charge on any atom is 0.0703 e. The first-order valence-corrected chi connectivity index (χ1v) is 14.8. The van der Waals surface area contributed by atoms with E-state index in [1.807, 2.05) is 12.4 Å². The van der Waals surface area contributed by atoms with Crippen molar-refractivity contribution in [2.24, 2.45) is 0 Å². The van der Waals surface area contributed by atoms with E-state index in [0.29, 0.717) is 0 Å². The normalized spacial score (nSPS) is 11.6. The van der Waals surface area contributed by atoms with E-state index in [1.165, 1.54) is 43.6 Å². The van der Waals surface area contributed by atoms with Gasteiger partial charge in [-0.3, -0.25) is 9.97 Å². The number of benzene rings is 5. The standard InChI is InChI=1S/C40H26N4/c1-5-13-37-31(9-1)32-10-2-6-14-38(32)43(37)29-21-23-35(41-25-29)27-17-19-28(20-18-27)36-24-22-30(26-42-36)44-39-15-7-3-11-33(39)34-12-4-8-16-40(34)44/h1-26H. The van der Waals surface area contributed by atoms with Crippen molar-refractivity contribution in [3.05, 3.63) is 158 Å². The van der Waals surface area contributed by atoms with E-state index in [4.69, 9.17) is 9.97 Å². The van der Waals surface area contributed by atoms with Crippen molar-refractivity contribution in [3.63, 3.8) is 0 Å².